The Kier molecular flexibility index (Phi) is 10.8. The van der Waals surface area contributed by atoms with E-state index in [9.17, 15) is 9.59 Å². The number of hydrogen-bond acceptors (Lipinski definition) is 7. The van der Waals surface area contributed by atoms with Gasteiger partial charge < -0.3 is 29.2 Å². The van der Waals surface area contributed by atoms with Crippen molar-refractivity contribution in [2.24, 2.45) is 0 Å². The summed E-state index contributed by atoms with van der Waals surface area (Å²) in [6, 6.07) is 24.8. The lowest BCUT2D eigenvalue weighted by atomic mass is 9.85. The molecule has 4 aromatic rings. The number of nitrogens with one attached hydrogen (secondary N) is 1. The highest BCUT2D eigenvalue weighted by atomic mass is 16.6. The van der Waals surface area contributed by atoms with Crippen molar-refractivity contribution in [2.45, 2.75) is 57.8 Å². The van der Waals surface area contributed by atoms with E-state index in [0.29, 0.717) is 44.9 Å². The zero-order valence-electron chi connectivity index (χ0n) is 27.0. The molecule has 0 bridgehead atoms. The summed E-state index contributed by atoms with van der Waals surface area (Å²) in [4.78, 5) is 32.5. The quantitative estimate of drug-likeness (QED) is 0.184. The molecule has 9 nitrogen and oxygen atoms in total. The summed E-state index contributed by atoms with van der Waals surface area (Å²) >= 11 is 0. The first-order valence-electron chi connectivity index (χ1n) is 15.8. The molecule has 1 fully saturated rings. The summed E-state index contributed by atoms with van der Waals surface area (Å²) in [5.74, 6) is 1.38. The van der Waals surface area contributed by atoms with E-state index in [0.717, 1.165) is 39.9 Å². The first kappa shape index (κ1) is 32.8. The number of para-hydroxylation sites is 1. The zero-order chi connectivity index (χ0) is 32.5. The van der Waals surface area contributed by atoms with Crippen LogP contribution in [0.1, 0.15) is 61.0 Å². The fourth-order valence-corrected chi connectivity index (χ4v) is 5.62. The summed E-state index contributed by atoms with van der Waals surface area (Å²) in [7, 11) is 1.66. The Morgan fingerprint density at radius 2 is 1.78 bits per heavy atom. The van der Waals surface area contributed by atoms with Crippen LogP contribution in [-0.4, -0.2) is 66.9 Å². The van der Waals surface area contributed by atoms with Crippen LogP contribution in [0.5, 0.6) is 11.5 Å². The average Bonchev–Trinajstić information content (AvgIpc) is 3.05. The number of methoxy groups -OCH3 is 1. The van der Waals surface area contributed by atoms with Crippen molar-refractivity contribution >= 4 is 22.9 Å². The molecule has 0 spiro atoms. The van der Waals surface area contributed by atoms with E-state index in [-0.39, 0.29) is 24.0 Å². The summed E-state index contributed by atoms with van der Waals surface area (Å²) < 4.78 is 22.8. The second-order valence-electron chi connectivity index (χ2n) is 12.4. The third kappa shape index (κ3) is 8.75. The van der Waals surface area contributed by atoms with Crippen LogP contribution in [-0.2, 0) is 16.1 Å². The van der Waals surface area contributed by atoms with Gasteiger partial charge in [0.1, 0.15) is 17.1 Å². The molecule has 9 heteroatoms. The number of piperidine rings is 1. The maximum absolute atomic E-state index is 13.5. The van der Waals surface area contributed by atoms with Crippen molar-refractivity contribution in [3.63, 3.8) is 0 Å². The average molecular weight is 626 g/mol. The summed E-state index contributed by atoms with van der Waals surface area (Å²) in [5, 5.41) is 4.18. The normalized spacial score (nSPS) is 16.6. The lowest BCUT2D eigenvalue weighted by molar-refractivity contribution is 0.0169. The van der Waals surface area contributed by atoms with Crippen molar-refractivity contribution in [1.29, 1.82) is 0 Å². The van der Waals surface area contributed by atoms with Gasteiger partial charge in [-0.3, -0.25) is 9.78 Å². The number of aromatic nitrogens is 1. The van der Waals surface area contributed by atoms with Crippen molar-refractivity contribution in [2.75, 3.05) is 33.4 Å². The van der Waals surface area contributed by atoms with Gasteiger partial charge in [0.2, 0.25) is 0 Å². The molecule has 5 rings (SSSR count). The lowest BCUT2D eigenvalue weighted by Crippen LogP contribution is -2.54. The molecule has 1 N–H and O–H groups in total. The van der Waals surface area contributed by atoms with Gasteiger partial charge >= 0.3 is 6.09 Å². The first-order valence-corrected chi connectivity index (χ1v) is 15.8. The number of fused-ring (bicyclic) bond motifs is 1. The van der Waals surface area contributed by atoms with E-state index in [1.807, 2.05) is 87.5 Å². The lowest BCUT2D eigenvalue weighted by Gasteiger charge is -2.39. The van der Waals surface area contributed by atoms with E-state index >= 15 is 0 Å². The summed E-state index contributed by atoms with van der Waals surface area (Å²) in [6.45, 7) is 8.00. The molecule has 1 aliphatic heterocycles. The van der Waals surface area contributed by atoms with E-state index in [1.165, 1.54) is 0 Å². The number of pyridine rings is 1. The smallest absolute Gasteiger partial charge is 0.410 e. The van der Waals surface area contributed by atoms with E-state index in [1.54, 1.807) is 30.3 Å². The maximum Gasteiger partial charge on any atom is 0.410 e. The van der Waals surface area contributed by atoms with E-state index < -0.39 is 5.60 Å². The highest BCUT2D eigenvalue weighted by Gasteiger charge is 2.35. The van der Waals surface area contributed by atoms with Crippen molar-refractivity contribution in [3.8, 4) is 11.5 Å². The number of amides is 2. The van der Waals surface area contributed by atoms with Gasteiger partial charge in [0.05, 0.1) is 38.5 Å². The van der Waals surface area contributed by atoms with Crippen LogP contribution >= 0.6 is 0 Å². The molecule has 2 heterocycles. The minimum absolute atomic E-state index is 0.00125. The van der Waals surface area contributed by atoms with Crippen LogP contribution in [0.25, 0.3) is 10.9 Å². The van der Waals surface area contributed by atoms with Crippen molar-refractivity contribution in [3.05, 3.63) is 102 Å². The van der Waals surface area contributed by atoms with E-state index in [2.05, 4.69) is 10.3 Å². The molecule has 0 aliphatic carbocycles. The van der Waals surface area contributed by atoms with Gasteiger partial charge in [0.25, 0.3) is 5.91 Å². The maximum atomic E-state index is 13.5. The number of ether oxygens (including phenoxy) is 4. The Hall–Kier alpha value is -4.63. The van der Waals surface area contributed by atoms with Crippen LogP contribution in [0.2, 0.25) is 0 Å². The number of benzene rings is 3. The first-order chi connectivity index (χ1) is 22.2. The fraction of sp³-hybridized carbons (Fsp3) is 0.378. The molecule has 3 aromatic carbocycles. The van der Waals surface area contributed by atoms with Crippen LogP contribution in [0.3, 0.4) is 0 Å². The second kappa shape index (κ2) is 15.1. The van der Waals surface area contributed by atoms with Crippen LogP contribution < -0.4 is 14.8 Å². The topological polar surface area (TPSA) is 99.2 Å². The van der Waals surface area contributed by atoms with Crippen molar-refractivity contribution in [1.82, 2.24) is 15.2 Å². The molecule has 46 heavy (non-hydrogen) atoms. The number of likely N-dealkylation sites (tertiary alicyclic amines) is 1. The third-order valence-electron chi connectivity index (χ3n) is 7.91. The minimum atomic E-state index is -0.609. The van der Waals surface area contributed by atoms with Crippen molar-refractivity contribution < 1.29 is 28.5 Å². The fourth-order valence-electron chi connectivity index (χ4n) is 5.62. The highest BCUT2D eigenvalue weighted by Crippen LogP contribution is 2.31. The molecule has 1 aliphatic rings. The van der Waals surface area contributed by atoms with Gasteiger partial charge in [-0.05, 0) is 69.2 Å². The number of carbonyl (C=O) groups excluding carboxylic acids is 2. The molecule has 2 unspecified atom stereocenters. The largest absolute Gasteiger partial charge is 0.496 e. The van der Waals surface area contributed by atoms with E-state index in [4.69, 9.17) is 18.9 Å². The number of nitrogens with zero attached hydrogens (tertiary/aromatic N) is 2. The molecular formula is C37H43N3O6. The van der Waals surface area contributed by atoms with Gasteiger partial charge in [-0.25, -0.2) is 4.79 Å². The Balaban J connectivity index is 1.20. The van der Waals surface area contributed by atoms with Gasteiger partial charge in [-0.1, -0.05) is 42.5 Å². The summed E-state index contributed by atoms with van der Waals surface area (Å²) in [5.41, 5.74) is 2.76. The monoisotopic (exact) mass is 625 g/mol. The third-order valence-corrected chi connectivity index (χ3v) is 7.91. The summed E-state index contributed by atoms with van der Waals surface area (Å²) in [6.07, 6.45) is 2.76. The standard InChI is InChI=1S/C37H43N3O6/c1-37(2,3)46-36(42)40-20-18-31(33(24-40)39-35(41)28-13-12-27-10-7-19-38-32(27)23-28)26-14-16-30(17-15-26)45-22-8-21-44-25-29-9-5-6-11-34(29)43-4/h5-7,9-17,19,23,31,33H,8,18,20-22,24-25H2,1-4H3,(H,39,41). The van der Waals surface area contributed by atoms with Crippen LogP contribution in [0, 0.1) is 0 Å². The predicted octanol–water partition coefficient (Wildman–Crippen LogP) is 6.75. The van der Waals surface area contributed by atoms with Gasteiger partial charge in [-0.2, -0.15) is 0 Å². The zero-order valence-corrected chi connectivity index (χ0v) is 27.0. The predicted molar refractivity (Wildman–Crippen MR) is 177 cm³/mol. The second-order valence-corrected chi connectivity index (χ2v) is 12.4. The van der Waals surface area contributed by atoms with Crippen LogP contribution in [0.15, 0.2) is 85.1 Å². The Bertz CT molecular complexity index is 1620. The molecular weight excluding hydrogens is 582 g/mol. The molecule has 1 saturated heterocycles. The molecule has 0 saturated carbocycles. The molecule has 2 amide bonds. The molecule has 2 atom stereocenters. The molecule has 0 radical (unpaired) electrons. The van der Waals surface area contributed by atoms with Gasteiger partial charge in [-0.15, -0.1) is 0 Å². The Morgan fingerprint density at radius 1 is 0.978 bits per heavy atom. The van der Waals surface area contributed by atoms with Gasteiger partial charge in [0.15, 0.2) is 0 Å². The molecule has 1 aromatic heterocycles. The number of hydrogen-bond donors (Lipinski definition) is 1. The van der Waals surface area contributed by atoms with Gasteiger partial charge in [0, 0.05) is 48.1 Å². The Morgan fingerprint density at radius 3 is 2.57 bits per heavy atom. The SMILES string of the molecule is COc1ccccc1COCCCOc1ccc(C2CCN(C(=O)OC(C)(C)C)CC2NC(=O)c2ccc3cccnc3c2)cc1. The highest BCUT2D eigenvalue weighted by molar-refractivity contribution is 5.98. The number of rotatable bonds is 11. The Labute approximate surface area is 270 Å². The minimum Gasteiger partial charge on any atom is -0.496 e. The molecule has 242 valence electrons. The van der Waals surface area contributed by atoms with Crippen LogP contribution in [0.4, 0.5) is 4.79 Å². The number of carbonyl (C=O) groups is 2.